The number of sulfonamides is 1. The number of hydrogen-bond acceptors (Lipinski definition) is 7. The molecule has 3 aliphatic heterocycles. The van der Waals surface area contributed by atoms with Gasteiger partial charge in [0.05, 0.1) is 10.6 Å². The lowest BCUT2D eigenvalue weighted by molar-refractivity contribution is -0.123. The normalized spacial score (nSPS) is 18.9. The molecule has 1 amide bonds. The first-order valence-corrected chi connectivity index (χ1v) is 15.1. The summed E-state index contributed by atoms with van der Waals surface area (Å²) in [5.74, 6) is 0.509. The zero-order valence-corrected chi connectivity index (χ0v) is 23.2. The van der Waals surface area contributed by atoms with Gasteiger partial charge in [-0.1, -0.05) is 18.2 Å². The number of Topliss-reactive ketones (excluding diaryl/α,β-unsaturated/α-hetero) is 1. The lowest BCUT2D eigenvalue weighted by Gasteiger charge is -2.31. The Balaban J connectivity index is 1.21. The number of ketones is 1. The van der Waals surface area contributed by atoms with E-state index in [1.54, 1.807) is 18.1 Å². The molecular weight excluding hydrogens is 532 g/mol. The third-order valence-corrected chi connectivity index (χ3v) is 9.82. The van der Waals surface area contributed by atoms with E-state index in [9.17, 15) is 18.0 Å². The number of carbonyl (C=O) groups is 2. The zero-order chi connectivity index (χ0) is 27.9. The van der Waals surface area contributed by atoms with Crippen molar-refractivity contribution in [2.24, 2.45) is 5.92 Å². The van der Waals surface area contributed by atoms with Crippen LogP contribution in [0.5, 0.6) is 11.5 Å². The van der Waals surface area contributed by atoms with Crippen LogP contribution in [0, 0.1) is 5.92 Å². The van der Waals surface area contributed by atoms with Gasteiger partial charge in [0.2, 0.25) is 10.0 Å². The minimum Gasteiger partial charge on any atom is -0.486 e. The maximum atomic E-state index is 13.6. The summed E-state index contributed by atoms with van der Waals surface area (Å²) in [5, 5.41) is 1.77. The van der Waals surface area contributed by atoms with E-state index < -0.39 is 15.9 Å². The van der Waals surface area contributed by atoms with Crippen LogP contribution < -0.4 is 14.4 Å². The van der Waals surface area contributed by atoms with Crippen molar-refractivity contribution >= 4 is 38.2 Å². The van der Waals surface area contributed by atoms with Crippen LogP contribution in [0.1, 0.15) is 35.2 Å². The maximum absolute atomic E-state index is 13.6. The van der Waals surface area contributed by atoms with Gasteiger partial charge in [0, 0.05) is 62.7 Å². The molecule has 9 nitrogen and oxygen atoms in total. The monoisotopic (exact) mass is 564 g/mol. The van der Waals surface area contributed by atoms with E-state index in [1.165, 1.54) is 16.4 Å². The number of ether oxygens (including phenoxy) is 3. The highest BCUT2D eigenvalue weighted by Gasteiger charge is 2.35. The quantitative estimate of drug-likeness (QED) is 0.364. The van der Waals surface area contributed by atoms with Gasteiger partial charge in [0.1, 0.15) is 19.0 Å². The smallest absolute Gasteiger partial charge is 0.258 e. The number of piperidine rings is 1. The first-order valence-electron chi connectivity index (χ1n) is 13.7. The average Bonchev–Trinajstić information content (AvgIpc) is 3.26. The molecule has 6 rings (SSSR count). The topological polar surface area (TPSA) is 102 Å². The second-order valence-electron chi connectivity index (χ2n) is 10.4. The molecule has 1 saturated heterocycles. The lowest BCUT2D eigenvalue weighted by atomic mass is 9.89. The number of carbonyl (C=O) groups excluding carboxylic acids is 2. The van der Waals surface area contributed by atoms with Crippen molar-refractivity contribution in [3.05, 3.63) is 59.7 Å². The van der Waals surface area contributed by atoms with Gasteiger partial charge in [0.25, 0.3) is 5.91 Å². The molecule has 210 valence electrons. The molecule has 1 atom stereocenters. The van der Waals surface area contributed by atoms with E-state index in [1.807, 2.05) is 30.3 Å². The summed E-state index contributed by atoms with van der Waals surface area (Å²) in [4.78, 5) is 28.6. The predicted octanol–water partition coefficient (Wildman–Crippen LogP) is 3.82. The van der Waals surface area contributed by atoms with Gasteiger partial charge in [-0.15, -0.1) is 0 Å². The van der Waals surface area contributed by atoms with Crippen LogP contribution >= 0.6 is 0 Å². The standard InChI is InChI=1S/C30H32N2O7S/c1-37-14-4-13-32-25-10-8-20(23-6-2-7-24(29(23)25)30(32)34)17-26(33)21-5-3-12-31(19-21)40(35,36)22-9-11-27-28(18-22)39-16-15-38-27/h2,6-11,18,21H,3-5,12-17,19H2,1H3. The Labute approximate surface area is 233 Å². The number of nitrogens with zero attached hydrogens (tertiary/aromatic N) is 2. The van der Waals surface area contributed by atoms with Crippen LogP contribution in [-0.4, -0.2) is 71.0 Å². The fourth-order valence-electron chi connectivity index (χ4n) is 5.94. The molecule has 40 heavy (non-hydrogen) atoms. The summed E-state index contributed by atoms with van der Waals surface area (Å²) in [6.07, 6.45) is 2.15. The van der Waals surface area contributed by atoms with Crippen molar-refractivity contribution in [2.45, 2.75) is 30.6 Å². The van der Waals surface area contributed by atoms with Gasteiger partial charge in [-0.05, 0) is 54.5 Å². The predicted molar refractivity (Wildman–Crippen MR) is 150 cm³/mol. The molecule has 10 heteroatoms. The van der Waals surface area contributed by atoms with E-state index in [-0.39, 0.29) is 29.6 Å². The molecule has 0 N–H and O–H groups in total. The van der Waals surface area contributed by atoms with E-state index in [0.29, 0.717) is 62.8 Å². The number of anilines is 1. The Bertz CT molecular complexity index is 1590. The molecule has 3 heterocycles. The van der Waals surface area contributed by atoms with Crippen molar-refractivity contribution in [3.8, 4) is 11.5 Å². The summed E-state index contributed by atoms with van der Waals surface area (Å²) in [7, 11) is -2.16. The highest BCUT2D eigenvalue weighted by Crippen LogP contribution is 2.40. The van der Waals surface area contributed by atoms with Crippen LogP contribution in [-0.2, 0) is 26.0 Å². The second kappa shape index (κ2) is 10.8. The molecule has 0 spiro atoms. The summed E-state index contributed by atoms with van der Waals surface area (Å²) < 4.78 is 44.6. The number of amides is 1. The van der Waals surface area contributed by atoms with Crippen molar-refractivity contribution in [1.82, 2.24) is 4.31 Å². The molecule has 1 unspecified atom stereocenters. The average molecular weight is 565 g/mol. The second-order valence-corrected chi connectivity index (χ2v) is 12.4. The Morgan fingerprint density at radius 2 is 1.90 bits per heavy atom. The summed E-state index contributed by atoms with van der Waals surface area (Å²) >= 11 is 0. The van der Waals surface area contributed by atoms with Crippen LogP contribution in [0.25, 0.3) is 10.8 Å². The van der Waals surface area contributed by atoms with E-state index in [0.717, 1.165) is 28.4 Å². The van der Waals surface area contributed by atoms with Crippen LogP contribution in [0.3, 0.4) is 0 Å². The molecule has 0 bridgehead atoms. The fourth-order valence-corrected chi connectivity index (χ4v) is 7.48. The molecule has 0 radical (unpaired) electrons. The Kier molecular flexibility index (Phi) is 7.24. The number of rotatable bonds is 9. The van der Waals surface area contributed by atoms with Gasteiger partial charge in [-0.3, -0.25) is 9.59 Å². The summed E-state index contributed by atoms with van der Waals surface area (Å²) in [6, 6.07) is 14.1. The number of fused-ring (bicyclic) bond motifs is 1. The molecule has 0 aromatic heterocycles. The molecule has 0 aliphatic carbocycles. The van der Waals surface area contributed by atoms with Gasteiger partial charge < -0.3 is 19.1 Å². The summed E-state index contributed by atoms with van der Waals surface area (Å²) in [5.41, 5.74) is 2.36. The highest BCUT2D eigenvalue weighted by atomic mass is 32.2. The highest BCUT2D eigenvalue weighted by molar-refractivity contribution is 7.89. The molecule has 1 fully saturated rings. The van der Waals surface area contributed by atoms with Gasteiger partial charge in [0.15, 0.2) is 11.5 Å². The molecular formula is C30H32N2O7S. The largest absolute Gasteiger partial charge is 0.486 e. The molecule has 0 saturated carbocycles. The van der Waals surface area contributed by atoms with Crippen molar-refractivity contribution in [3.63, 3.8) is 0 Å². The minimum absolute atomic E-state index is 0.00375. The Morgan fingerprint density at radius 1 is 1.07 bits per heavy atom. The third-order valence-electron chi connectivity index (χ3n) is 7.96. The minimum atomic E-state index is -3.80. The number of benzene rings is 3. The first-order chi connectivity index (χ1) is 19.4. The van der Waals surface area contributed by atoms with E-state index in [4.69, 9.17) is 14.2 Å². The van der Waals surface area contributed by atoms with E-state index >= 15 is 0 Å². The van der Waals surface area contributed by atoms with E-state index in [2.05, 4.69) is 0 Å². The van der Waals surface area contributed by atoms with Crippen molar-refractivity contribution in [1.29, 1.82) is 0 Å². The van der Waals surface area contributed by atoms with Gasteiger partial charge in [-0.2, -0.15) is 4.31 Å². The third kappa shape index (κ3) is 4.74. The zero-order valence-electron chi connectivity index (χ0n) is 22.4. The number of methoxy groups -OCH3 is 1. The van der Waals surface area contributed by atoms with Crippen molar-refractivity contribution in [2.75, 3.05) is 51.5 Å². The first kappa shape index (κ1) is 26.7. The molecule has 3 aromatic carbocycles. The lowest BCUT2D eigenvalue weighted by Crippen LogP contribution is -2.42. The maximum Gasteiger partial charge on any atom is 0.258 e. The van der Waals surface area contributed by atoms with Crippen molar-refractivity contribution < 1.29 is 32.2 Å². The van der Waals surface area contributed by atoms with Crippen LogP contribution in [0.2, 0.25) is 0 Å². The number of hydrogen-bond donors (Lipinski definition) is 0. The summed E-state index contributed by atoms with van der Waals surface area (Å²) in [6.45, 7) is 2.43. The Morgan fingerprint density at radius 3 is 2.73 bits per heavy atom. The van der Waals surface area contributed by atoms with Crippen LogP contribution in [0.15, 0.2) is 53.4 Å². The molecule has 3 aromatic rings. The fraction of sp³-hybridized carbons (Fsp3) is 0.400. The van der Waals surface area contributed by atoms with Gasteiger partial charge >= 0.3 is 0 Å². The van der Waals surface area contributed by atoms with Crippen LogP contribution in [0.4, 0.5) is 5.69 Å². The Hall–Kier alpha value is -3.47. The SMILES string of the molecule is COCCCN1C(=O)c2cccc3c(CC(=O)C4CCCN(S(=O)(=O)c5ccc6c(c5)OCCO6)C4)ccc1c23. The van der Waals surface area contributed by atoms with Gasteiger partial charge in [-0.25, -0.2) is 8.42 Å². The molecule has 3 aliphatic rings.